The Labute approximate surface area is 62.2 Å². The van der Waals surface area contributed by atoms with E-state index in [-0.39, 0.29) is 17.0 Å². The molecule has 0 aromatic carbocycles. The molecule has 1 nitrogen and oxygen atoms in total. The number of carbonyl (C=O) groups is 1. The Kier molecular flexibility index (Phi) is 3.95. The molecule has 0 saturated heterocycles. The summed E-state index contributed by atoms with van der Waals surface area (Å²) in [6.07, 6.45) is 0.920. The van der Waals surface area contributed by atoms with Crippen LogP contribution in [0.4, 0.5) is 0 Å². The molecule has 0 aliphatic rings. The van der Waals surface area contributed by atoms with Crippen LogP contribution in [-0.2, 0) is 4.79 Å². The highest BCUT2D eigenvalue weighted by Gasteiger charge is 2.13. The Morgan fingerprint density at radius 1 is 1.56 bits per heavy atom. The lowest BCUT2D eigenvalue weighted by molar-refractivity contribution is -0.121. The molecule has 0 aromatic rings. The minimum absolute atomic E-state index is 0.0973. The zero-order valence-electron chi connectivity index (χ0n) is 6.22. The molecule has 0 heterocycles. The van der Waals surface area contributed by atoms with E-state index in [1.54, 1.807) is 0 Å². The van der Waals surface area contributed by atoms with E-state index >= 15 is 0 Å². The monoisotopic (exact) mass is 146 g/mol. The van der Waals surface area contributed by atoms with Gasteiger partial charge in [-0.1, -0.05) is 13.8 Å². The maximum atomic E-state index is 11.0. The van der Waals surface area contributed by atoms with Crippen LogP contribution in [0, 0.1) is 5.92 Å². The van der Waals surface area contributed by atoms with Crippen molar-refractivity contribution in [2.75, 3.05) is 0 Å². The van der Waals surface area contributed by atoms with E-state index in [0.717, 1.165) is 6.42 Å². The zero-order chi connectivity index (χ0) is 7.44. The highest BCUT2D eigenvalue weighted by Crippen LogP contribution is 2.08. The van der Waals surface area contributed by atoms with Crippen LogP contribution in [0.3, 0.4) is 0 Å². The third-order valence-corrected chi connectivity index (χ3v) is 1.76. The lowest BCUT2D eigenvalue weighted by Gasteiger charge is -2.08. The average molecular weight is 146 g/mol. The number of rotatable bonds is 3. The summed E-state index contributed by atoms with van der Waals surface area (Å²) in [4.78, 5) is 11.0. The van der Waals surface area contributed by atoms with Crippen molar-refractivity contribution in [2.45, 2.75) is 32.4 Å². The fourth-order valence-electron chi connectivity index (χ4n) is 0.613. The van der Waals surface area contributed by atoms with Crippen molar-refractivity contribution in [3.8, 4) is 0 Å². The van der Waals surface area contributed by atoms with Gasteiger partial charge in [-0.05, 0) is 13.3 Å². The molecule has 2 atom stereocenters. The van der Waals surface area contributed by atoms with Crippen LogP contribution in [0.15, 0.2) is 0 Å². The van der Waals surface area contributed by atoms with Gasteiger partial charge < -0.3 is 0 Å². The van der Waals surface area contributed by atoms with Crippen LogP contribution in [0.25, 0.3) is 0 Å². The van der Waals surface area contributed by atoms with Gasteiger partial charge in [0.15, 0.2) is 0 Å². The molecule has 0 N–H and O–H groups in total. The predicted molar refractivity (Wildman–Crippen MR) is 42.9 cm³/mol. The maximum Gasteiger partial charge on any atom is 0.148 e. The van der Waals surface area contributed by atoms with Crippen LogP contribution < -0.4 is 0 Å². The van der Waals surface area contributed by atoms with E-state index in [9.17, 15) is 4.79 Å². The van der Waals surface area contributed by atoms with E-state index in [2.05, 4.69) is 12.6 Å². The molecule has 2 heteroatoms. The van der Waals surface area contributed by atoms with Crippen LogP contribution in [0.1, 0.15) is 27.2 Å². The predicted octanol–water partition coefficient (Wildman–Crippen LogP) is 1.92. The second-order valence-electron chi connectivity index (χ2n) is 2.39. The average Bonchev–Trinajstić information content (AvgIpc) is 1.84. The van der Waals surface area contributed by atoms with Crippen molar-refractivity contribution >= 4 is 18.4 Å². The molecular formula is C7H14OS. The molecule has 54 valence electrons. The lowest BCUT2D eigenvalue weighted by atomic mass is 10.0. The van der Waals surface area contributed by atoms with Gasteiger partial charge in [-0.3, -0.25) is 4.79 Å². The molecular weight excluding hydrogens is 132 g/mol. The lowest BCUT2D eigenvalue weighted by Crippen LogP contribution is -2.18. The summed E-state index contributed by atoms with van der Waals surface area (Å²) in [5.74, 6) is 0.429. The molecule has 9 heavy (non-hydrogen) atoms. The van der Waals surface area contributed by atoms with E-state index in [1.165, 1.54) is 0 Å². The summed E-state index contributed by atoms with van der Waals surface area (Å²) in [6.45, 7) is 5.77. The Bertz CT molecular complexity index is 99.1. The van der Waals surface area contributed by atoms with E-state index in [0.29, 0.717) is 0 Å². The molecule has 0 aliphatic heterocycles. The van der Waals surface area contributed by atoms with Gasteiger partial charge in [-0.2, -0.15) is 12.6 Å². The Morgan fingerprint density at radius 2 is 2.00 bits per heavy atom. The van der Waals surface area contributed by atoms with Gasteiger partial charge in [0.2, 0.25) is 0 Å². The molecule has 0 aromatic heterocycles. The Morgan fingerprint density at radius 3 is 2.11 bits per heavy atom. The van der Waals surface area contributed by atoms with Gasteiger partial charge in [0.05, 0.1) is 5.25 Å². The smallest absolute Gasteiger partial charge is 0.148 e. The Hall–Kier alpha value is 0.0200. The van der Waals surface area contributed by atoms with Crippen molar-refractivity contribution in [2.24, 2.45) is 5.92 Å². The summed E-state index contributed by atoms with van der Waals surface area (Å²) in [6, 6.07) is 0. The summed E-state index contributed by atoms with van der Waals surface area (Å²) < 4.78 is 0. The summed E-state index contributed by atoms with van der Waals surface area (Å²) in [5.41, 5.74) is 0. The van der Waals surface area contributed by atoms with Gasteiger partial charge in [0.1, 0.15) is 5.78 Å². The summed E-state index contributed by atoms with van der Waals surface area (Å²) >= 11 is 4.04. The van der Waals surface area contributed by atoms with E-state index in [1.807, 2.05) is 20.8 Å². The van der Waals surface area contributed by atoms with E-state index < -0.39 is 0 Å². The van der Waals surface area contributed by atoms with Gasteiger partial charge in [0.25, 0.3) is 0 Å². The highest BCUT2D eigenvalue weighted by molar-refractivity contribution is 7.81. The van der Waals surface area contributed by atoms with Crippen LogP contribution >= 0.6 is 12.6 Å². The van der Waals surface area contributed by atoms with Gasteiger partial charge in [-0.25, -0.2) is 0 Å². The van der Waals surface area contributed by atoms with Gasteiger partial charge >= 0.3 is 0 Å². The van der Waals surface area contributed by atoms with Crippen molar-refractivity contribution < 1.29 is 4.79 Å². The zero-order valence-corrected chi connectivity index (χ0v) is 7.11. The summed E-state index contributed by atoms with van der Waals surface area (Å²) in [7, 11) is 0. The molecule has 0 amide bonds. The SMILES string of the molecule is CCC(C)C(=O)C(C)S. The largest absolute Gasteiger partial charge is 0.298 e. The minimum atomic E-state index is -0.0973. The fourth-order valence-corrected chi connectivity index (χ4v) is 0.867. The van der Waals surface area contributed by atoms with Crippen molar-refractivity contribution in [3.63, 3.8) is 0 Å². The molecule has 0 spiro atoms. The number of hydrogen-bond acceptors (Lipinski definition) is 2. The number of Topliss-reactive ketones (excluding diaryl/α,β-unsaturated/α-hetero) is 1. The third-order valence-electron chi connectivity index (χ3n) is 1.51. The number of ketones is 1. The van der Waals surface area contributed by atoms with E-state index in [4.69, 9.17) is 0 Å². The van der Waals surface area contributed by atoms with Crippen LogP contribution in [0.5, 0.6) is 0 Å². The standard InChI is InChI=1S/C7H14OS/c1-4-5(2)7(8)6(3)9/h5-6,9H,4H2,1-3H3. The topological polar surface area (TPSA) is 17.1 Å². The second kappa shape index (κ2) is 3.94. The van der Waals surface area contributed by atoms with Gasteiger partial charge in [0, 0.05) is 5.92 Å². The quantitative estimate of drug-likeness (QED) is 0.602. The molecule has 0 fully saturated rings. The number of thiol groups is 1. The molecule has 0 saturated carbocycles. The third kappa shape index (κ3) is 2.89. The molecule has 2 unspecified atom stereocenters. The maximum absolute atomic E-state index is 11.0. The van der Waals surface area contributed by atoms with Gasteiger partial charge in [-0.15, -0.1) is 0 Å². The molecule has 0 rings (SSSR count). The normalized spacial score (nSPS) is 16.9. The number of hydrogen-bond donors (Lipinski definition) is 1. The van der Waals surface area contributed by atoms with Crippen LogP contribution in [-0.4, -0.2) is 11.0 Å². The van der Waals surface area contributed by atoms with Crippen molar-refractivity contribution in [1.29, 1.82) is 0 Å². The first kappa shape index (κ1) is 9.02. The fraction of sp³-hybridized carbons (Fsp3) is 0.857. The molecule has 0 bridgehead atoms. The second-order valence-corrected chi connectivity index (χ2v) is 3.16. The van der Waals surface area contributed by atoms with Crippen molar-refractivity contribution in [1.82, 2.24) is 0 Å². The highest BCUT2D eigenvalue weighted by atomic mass is 32.1. The van der Waals surface area contributed by atoms with Crippen LogP contribution in [0.2, 0.25) is 0 Å². The first-order valence-electron chi connectivity index (χ1n) is 3.31. The first-order valence-corrected chi connectivity index (χ1v) is 3.83. The number of carbonyl (C=O) groups excluding carboxylic acids is 1. The molecule has 0 radical (unpaired) electrons. The molecule has 0 aliphatic carbocycles. The first-order chi connectivity index (χ1) is 4.09. The summed E-state index contributed by atoms with van der Waals surface area (Å²) in [5, 5.41) is -0.0973. The van der Waals surface area contributed by atoms with Crippen molar-refractivity contribution in [3.05, 3.63) is 0 Å². The minimum Gasteiger partial charge on any atom is -0.298 e. The Balaban J connectivity index is 3.73.